The highest BCUT2D eigenvalue weighted by Crippen LogP contribution is 2.16. The second kappa shape index (κ2) is 10.2. The molecule has 1 aliphatic heterocycles. The molecule has 5 heteroatoms. The molecule has 0 aromatic rings. The molecule has 5 nitrogen and oxygen atoms in total. The van der Waals surface area contributed by atoms with E-state index in [1.54, 1.807) is 7.05 Å². The lowest BCUT2D eigenvalue weighted by Gasteiger charge is -2.33. The summed E-state index contributed by atoms with van der Waals surface area (Å²) in [7, 11) is 3.80. The highest BCUT2D eigenvalue weighted by atomic mass is 16.2. The summed E-state index contributed by atoms with van der Waals surface area (Å²) >= 11 is 0. The van der Waals surface area contributed by atoms with Crippen LogP contribution in [0.3, 0.4) is 0 Å². The summed E-state index contributed by atoms with van der Waals surface area (Å²) in [5, 5.41) is 3.28. The Hall–Kier alpha value is -1.52. The van der Waals surface area contributed by atoms with E-state index in [1.807, 2.05) is 18.0 Å². The van der Waals surface area contributed by atoms with Crippen molar-refractivity contribution < 1.29 is 4.79 Å². The number of amides is 1. The van der Waals surface area contributed by atoms with Crippen LogP contribution in [0.25, 0.3) is 0 Å². The van der Waals surface area contributed by atoms with E-state index in [0.29, 0.717) is 19.0 Å². The smallest absolute Gasteiger partial charge is 0.224 e. The van der Waals surface area contributed by atoms with E-state index in [9.17, 15) is 4.79 Å². The fraction of sp³-hybridized carbons (Fsp3) is 0.765. The Morgan fingerprint density at radius 2 is 2.27 bits per heavy atom. The zero-order valence-corrected chi connectivity index (χ0v) is 14.5. The van der Waals surface area contributed by atoms with Gasteiger partial charge in [0.2, 0.25) is 5.91 Å². The summed E-state index contributed by atoms with van der Waals surface area (Å²) in [6.07, 6.45) is 8.04. The zero-order valence-electron chi connectivity index (χ0n) is 14.5. The number of unbranched alkanes of at least 4 members (excludes halogenated alkanes) is 1. The number of carbonyl (C=O) groups excluding carboxylic acids is 1. The van der Waals surface area contributed by atoms with Crippen molar-refractivity contribution in [1.29, 1.82) is 0 Å². The molecule has 0 radical (unpaired) electrons. The van der Waals surface area contributed by atoms with Crippen LogP contribution >= 0.6 is 0 Å². The first-order valence-electron chi connectivity index (χ1n) is 8.42. The first kappa shape index (κ1) is 18.5. The zero-order chi connectivity index (χ0) is 16.4. The Labute approximate surface area is 135 Å². The Balaban J connectivity index is 2.31. The van der Waals surface area contributed by atoms with Gasteiger partial charge in [-0.3, -0.25) is 9.79 Å². The van der Waals surface area contributed by atoms with Crippen molar-refractivity contribution in [3.8, 4) is 0 Å². The van der Waals surface area contributed by atoms with Gasteiger partial charge in [-0.15, -0.1) is 6.58 Å². The van der Waals surface area contributed by atoms with Crippen molar-refractivity contribution in [1.82, 2.24) is 15.1 Å². The second-order valence-electron chi connectivity index (χ2n) is 6.01. The summed E-state index contributed by atoms with van der Waals surface area (Å²) in [5.74, 6) is 1.10. The lowest BCUT2D eigenvalue weighted by atomic mass is 10.0. The van der Waals surface area contributed by atoms with Gasteiger partial charge in [-0.2, -0.15) is 0 Å². The van der Waals surface area contributed by atoms with E-state index >= 15 is 0 Å². The van der Waals surface area contributed by atoms with Crippen LogP contribution in [0.5, 0.6) is 0 Å². The maximum absolute atomic E-state index is 12.3. The van der Waals surface area contributed by atoms with Gasteiger partial charge in [-0.1, -0.05) is 6.08 Å². The third-order valence-corrected chi connectivity index (χ3v) is 4.22. The minimum absolute atomic E-state index is 0.254. The first-order chi connectivity index (χ1) is 10.6. The molecule has 0 bridgehead atoms. The number of hydrogen-bond donors (Lipinski definition) is 1. The average Bonchev–Trinajstić information content (AvgIpc) is 2.52. The second-order valence-corrected chi connectivity index (χ2v) is 6.01. The maximum Gasteiger partial charge on any atom is 0.224 e. The van der Waals surface area contributed by atoms with Gasteiger partial charge < -0.3 is 15.1 Å². The van der Waals surface area contributed by atoms with Crippen LogP contribution in [0.15, 0.2) is 17.6 Å². The number of allylic oxidation sites excluding steroid dienone is 1. The fourth-order valence-corrected chi connectivity index (χ4v) is 2.86. The SMILES string of the molecule is C=CCCCN(C)C(=NC)NCCC(=O)N1CCCCC1C. The fourth-order valence-electron chi connectivity index (χ4n) is 2.86. The van der Waals surface area contributed by atoms with Gasteiger partial charge in [-0.25, -0.2) is 0 Å². The molecule has 1 N–H and O–H groups in total. The first-order valence-corrected chi connectivity index (χ1v) is 8.42. The molecule has 126 valence electrons. The van der Waals surface area contributed by atoms with Crippen molar-refractivity contribution in [3.05, 3.63) is 12.7 Å². The van der Waals surface area contributed by atoms with Crippen LogP contribution in [-0.2, 0) is 4.79 Å². The predicted octanol–water partition coefficient (Wildman–Crippen LogP) is 2.25. The van der Waals surface area contributed by atoms with Crippen LogP contribution in [-0.4, -0.2) is 61.4 Å². The normalized spacial score (nSPS) is 19.0. The van der Waals surface area contributed by atoms with Gasteiger partial charge in [0.25, 0.3) is 0 Å². The Morgan fingerprint density at radius 1 is 1.50 bits per heavy atom. The number of aliphatic imine (C=N–C) groups is 1. The van der Waals surface area contributed by atoms with Crippen LogP contribution in [0.2, 0.25) is 0 Å². The van der Waals surface area contributed by atoms with Gasteiger partial charge in [0.1, 0.15) is 0 Å². The van der Waals surface area contributed by atoms with Crippen molar-refractivity contribution in [2.75, 3.05) is 33.7 Å². The van der Waals surface area contributed by atoms with E-state index in [1.165, 1.54) is 6.42 Å². The number of guanidine groups is 1. The largest absolute Gasteiger partial charge is 0.356 e. The van der Waals surface area contributed by atoms with Crippen molar-refractivity contribution >= 4 is 11.9 Å². The molecule has 1 amide bonds. The summed E-state index contributed by atoms with van der Waals surface area (Å²) in [6, 6.07) is 0.391. The molecule has 1 fully saturated rings. The minimum atomic E-state index is 0.254. The van der Waals surface area contributed by atoms with Gasteiger partial charge in [0.05, 0.1) is 0 Å². The number of carbonyl (C=O) groups is 1. The summed E-state index contributed by atoms with van der Waals surface area (Å²) < 4.78 is 0. The molecule has 0 aromatic carbocycles. The molecule has 1 unspecified atom stereocenters. The monoisotopic (exact) mass is 308 g/mol. The molecule has 0 aromatic heterocycles. The molecule has 1 rings (SSSR count). The van der Waals surface area contributed by atoms with Crippen LogP contribution in [0.4, 0.5) is 0 Å². The predicted molar refractivity (Wildman–Crippen MR) is 93.1 cm³/mol. The van der Waals surface area contributed by atoms with Gasteiger partial charge in [0, 0.05) is 46.2 Å². The number of nitrogens with one attached hydrogen (secondary N) is 1. The van der Waals surface area contributed by atoms with E-state index < -0.39 is 0 Å². The van der Waals surface area contributed by atoms with Crippen molar-refractivity contribution in [3.63, 3.8) is 0 Å². The molecule has 1 atom stereocenters. The molecule has 0 saturated carbocycles. The van der Waals surface area contributed by atoms with Gasteiger partial charge in [0.15, 0.2) is 5.96 Å². The van der Waals surface area contributed by atoms with Gasteiger partial charge >= 0.3 is 0 Å². The molecule has 22 heavy (non-hydrogen) atoms. The standard InChI is InChI=1S/C17H32N4O/c1-5-6-8-13-20(4)17(18-3)19-12-11-16(22)21-14-9-7-10-15(21)2/h5,15H,1,6-14H2,2-4H3,(H,18,19). The maximum atomic E-state index is 12.3. The quantitative estimate of drug-likeness (QED) is 0.340. The Bertz CT molecular complexity index is 381. The number of rotatable bonds is 7. The average molecular weight is 308 g/mol. The van der Waals surface area contributed by atoms with E-state index in [2.05, 4.69) is 28.7 Å². The van der Waals surface area contributed by atoms with Crippen LogP contribution in [0.1, 0.15) is 45.4 Å². The summed E-state index contributed by atoms with van der Waals surface area (Å²) in [4.78, 5) is 20.7. The molecular weight excluding hydrogens is 276 g/mol. The lowest BCUT2D eigenvalue weighted by molar-refractivity contribution is -0.134. The van der Waals surface area contributed by atoms with Crippen LogP contribution < -0.4 is 5.32 Å². The topological polar surface area (TPSA) is 47.9 Å². The van der Waals surface area contributed by atoms with E-state index in [-0.39, 0.29) is 5.91 Å². The molecule has 0 spiro atoms. The number of likely N-dealkylation sites (tertiary alicyclic amines) is 1. The highest BCUT2D eigenvalue weighted by Gasteiger charge is 2.22. The molecule has 0 aliphatic carbocycles. The molecular formula is C17H32N4O. The third kappa shape index (κ3) is 6.08. The molecule has 1 heterocycles. The Morgan fingerprint density at radius 3 is 2.91 bits per heavy atom. The third-order valence-electron chi connectivity index (χ3n) is 4.22. The van der Waals surface area contributed by atoms with Crippen molar-refractivity contribution in [2.45, 2.75) is 51.5 Å². The van der Waals surface area contributed by atoms with Crippen molar-refractivity contribution in [2.24, 2.45) is 4.99 Å². The summed E-state index contributed by atoms with van der Waals surface area (Å²) in [6.45, 7) is 8.37. The lowest BCUT2D eigenvalue weighted by Crippen LogP contribution is -2.44. The van der Waals surface area contributed by atoms with E-state index in [4.69, 9.17) is 0 Å². The van der Waals surface area contributed by atoms with E-state index in [0.717, 1.165) is 44.7 Å². The number of nitrogens with zero attached hydrogens (tertiary/aromatic N) is 3. The summed E-state index contributed by atoms with van der Waals surface area (Å²) in [5.41, 5.74) is 0. The van der Waals surface area contributed by atoms with Gasteiger partial charge in [-0.05, 0) is 39.0 Å². The molecule has 1 aliphatic rings. The highest BCUT2D eigenvalue weighted by molar-refractivity contribution is 5.81. The van der Waals surface area contributed by atoms with Crippen LogP contribution in [0, 0.1) is 0 Å². The number of hydrogen-bond acceptors (Lipinski definition) is 2. The number of piperidine rings is 1. The Kier molecular flexibility index (Phi) is 8.63. The minimum Gasteiger partial charge on any atom is -0.356 e. The molecule has 1 saturated heterocycles.